The lowest BCUT2D eigenvalue weighted by molar-refractivity contribution is -0.141. The minimum absolute atomic E-state index is 0.128. The molecule has 2 N–H and O–H groups in total. The molecular weight excluding hydrogens is 384 g/mol. The molecule has 1 aliphatic rings. The molecule has 0 aromatic heterocycles. The Hall–Kier alpha value is -2.71. The smallest absolute Gasteiger partial charge is 0.325 e. The molecule has 29 heavy (non-hydrogen) atoms. The van der Waals surface area contributed by atoms with Gasteiger partial charge in [-0.15, -0.1) is 0 Å². The number of nitrogens with one attached hydrogen (secondary N) is 2. The number of nitrogens with zero attached hydrogens (tertiary/aromatic N) is 1. The van der Waals surface area contributed by atoms with Crippen LogP contribution in [0.15, 0.2) is 18.2 Å². The minimum Gasteiger partial charge on any atom is -0.465 e. The first kappa shape index (κ1) is 22.6. The number of rotatable bonds is 8. The summed E-state index contributed by atoms with van der Waals surface area (Å²) in [6, 6.07) is 3.20. The number of likely N-dealkylation sites (tertiary alicyclic amines) is 1. The predicted molar refractivity (Wildman–Crippen MR) is 102 cm³/mol. The van der Waals surface area contributed by atoms with Crippen molar-refractivity contribution in [3.8, 4) is 0 Å². The quantitative estimate of drug-likeness (QED) is 0.643. The minimum atomic E-state index is -0.944. The van der Waals surface area contributed by atoms with Gasteiger partial charge in [-0.1, -0.05) is 6.07 Å². The molecule has 1 aromatic rings. The van der Waals surface area contributed by atoms with Crippen molar-refractivity contribution in [2.75, 3.05) is 26.2 Å². The number of halogens is 2. The van der Waals surface area contributed by atoms with Crippen LogP contribution in [-0.4, -0.2) is 49.0 Å². The molecule has 0 bridgehead atoms. The van der Waals surface area contributed by atoms with Gasteiger partial charge in [0, 0.05) is 26.1 Å². The van der Waals surface area contributed by atoms with Crippen LogP contribution >= 0.6 is 0 Å². The number of hydrogen-bond acceptors (Lipinski definition) is 4. The highest BCUT2D eigenvalue weighted by molar-refractivity contribution is 5.81. The monoisotopic (exact) mass is 411 g/mol. The number of hydrogen-bond donors (Lipinski definition) is 2. The Morgan fingerprint density at radius 1 is 1.21 bits per heavy atom. The van der Waals surface area contributed by atoms with Crippen molar-refractivity contribution in [2.24, 2.45) is 5.92 Å². The normalized spacial score (nSPS) is 16.2. The maximum atomic E-state index is 13.2. The van der Waals surface area contributed by atoms with Gasteiger partial charge in [-0.25, -0.2) is 13.6 Å². The first-order chi connectivity index (χ1) is 13.9. The van der Waals surface area contributed by atoms with E-state index in [1.165, 1.54) is 6.07 Å². The van der Waals surface area contributed by atoms with E-state index < -0.39 is 17.6 Å². The Balaban J connectivity index is 1.70. The molecule has 1 saturated heterocycles. The van der Waals surface area contributed by atoms with E-state index in [1.807, 2.05) is 0 Å². The van der Waals surface area contributed by atoms with E-state index in [0.29, 0.717) is 25.1 Å². The first-order valence-electron chi connectivity index (χ1n) is 9.78. The molecule has 0 radical (unpaired) electrons. The van der Waals surface area contributed by atoms with E-state index in [2.05, 4.69) is 10.6 Å². The fourth-order valence-corrected chi connectivity index (χ4v) is 3.23. The second kappa shape index (κ2) is 11.3. The summed E-state index contributed by atoms with van der Waals surface area (Å²) >= 11 is 0. The largest absolute Gasteiger partial charge is 0.465 e. The average molecular weight is 411 g/mol. The van der Waals surface area contributed by atoms with E-state index in [1.54, 1.807) is 11.8 Å². The zero-order chi connectivity index (χ0) is 21.2. The summed E-state index contributed by atoms with van der Waals surface area (Å²) in [5.74, 6) is -2.34. The number of ether oxygens (including phenoxy) is 1. The van der Waals surface area contributed by atoms with Crippen molar-refractivity contribution in [2.45, 2.75) is 39.2 Å². The first-order valence-corrected chi connectivity index (χ1v) is 9.78. The third-order valence-corrected chi connectivity index (χ3v) is 4.75. The fourth-order valence-electron chi connectivity index (χ4n) is 3.23. The number of carbonyl (C=O) groups is 3. The van der Waals surface area contributed by atoms with Gasteiger partial charge in [0.1, 0.15) is 6.54 Å². The molecule has 1 fully saturated rings. The lowest BCUT2D eigenvalue weighted by atomic mass is 9.93. The van der Waals surface area contributed by atoms with E-state index in [4.69, 9.17) is 4.74 Å². The summed E-state index contributed by atoms with van der Waals surface area (Å²) in [5, 5.41) is 5.24. The molecule has 0 saturated carbocycles. The van der Waals surface area contributed by atoms with Crippen LogP contribution in [0.1, 0.15) is 38.2 Å². The van der Waals surface area contributed by atoms with Crippen molar-refractivity contribution >= 4 is 17.9 Å². The summed E-state index contributed by atoms with van der Waals surface area (Å²) < 4.78 is 30.9. The molecule has 1 heterocycles. The third-order valence-electron chi connectivity index (χ3n) is 4.75. The van der Waals surface area contributed by atoms with Gasteiger partial charge in [0.15, 0.2) is 11.6 Å². The zero-order valence-electron chi connectivity index (χ0n) is 16.5. The third kappa shape index (κ3) is 7.67. The number of piperidine rings is 1. The van der Waals surface area contributed by atoms with E-state index in [0.717, 1.165) is 25.0 Å². The summed E-state index contributed by atoms with van der Waals surface area (Å²) in [4.78, 5) is 37.2. The molecule has 2 rings (SSSR count). The maximum Gasteiger partial charge on any atom is 0.325 e. The van der Waals surface area contributed by atoms with Crippen LogP contribution in [0.5, 0.6) is 0 Å². The molecule has 1 atom stereocenters. The number of urea groups is 1. The van der Waals surface area contributed by atoms with Gasteiger partial charge in [0.25, 0.3) is 0 Å². The maximum absolute atomic E-state index is 13.2. The summed E-state index contributed by atoms with van der Waals surface area (Å²) in [7, 11) is 0. The Labute approximate surface area is 168 Å². The molecule has 7 nitrogen and oxygen atoms in total. The number of esters is 1. The zero-order valence-corrected chi connectivity index (χ0v) is 16.5. The SMILES string of the molecule is CCOC(=O)CNC(=O)N1CCC[C@@H](CCC(=O)NCc2ccc(F)c(F)c2)C1. The molecular formula is C20H27F2N3O4. The highest BCUT2D eigenvalue weighted by Gasteiger charge is 2.24. The highest BCUT2D eigenvalue weighted by atomic mass is 19.2. The van der Waals surface area contributed by atoms with Crippen molar-refractivity contribution < 1.29 is 27.9 Å². The fraction of sp³-hybridized carbons (Fsp3) is 0.550. The number of carbonyl (C=O) groups excluding carboxylic acids is 3. The number of benzene rings is 1. The number of amides is 3. The predicted octanol–water partition coefficient (Wildman–Crippen LogP) is 2.35. The highest BCUT2D eigenvalue weighted by Crippen LogP contribution is 2.21. The van der Waals surface area contributed by atoms with Crippen molar-refractivity contribution in [3.63, 3.8) is 0 Å². The van der Waals surface area contributed by atoms with Crippen LogP contribution in [0.3, 0.4) is 0 Å². The molecule has 3 amide bonds. The van der Waals surface area contributed by atoms with Gasteiger partial charge in [-0.05, 0) is 49.8 Å². The van der Waals surface area contributed by atoms with Gasteiger partial charge in [-0.3, -0.25) is 9.59 Å². The summed E-state index contributed by atoms with van der Waals surface area (Å²) in [5.41, 5.74) is 0.486. The van der Waals surface area contributed by atoms with E-state index in [9.17, 15) is 23.2 Å². The molecule has 1 aromatic carbocycles. The van der Waals surface area contributed by atoms with Crippen LogP contribution in [0.25, 0.3) is 0 Å². The molecule has 0 spiro atoms. The van der Waals surface area contributed by atoms with Crippen LogP contribution in [-0.2, 0) is 20.9 Å². The second-order valence-electron chi connectivity index (χ2n) is 6.98. The lowest BCUT2D eigenvalue weighted by Gasteiger charge is -2.32. The second-order valence-corrected chi connectivity index (χ2v) is 6.98. The van der Waals surface area contributed by atoms with E-state index in [-0.39, 0.29) is 44.0 Å². The Kier molecular flexibility index (Phi) is 8.82. The van der Waals surface area contributed by atoms with Crippen LogP contribution in [0.2, 0.25) is 0 Å². The van der Waals surface area contributed by atoms with E-state index >= 15 is 0 Å². The molecule has 9 heteroatoms. The van der Waals surface area contributed by atoms with Gasteiger partial charge >= 0.3 is 12.0 Å². The van der Waals surface area contributed by atoms with Gasteiger partial charge in [0.2, 0.25) is 5.91 Å². The Morgan fingerprint density at radius 3 is 2.72 bits per heavy atom. The van der Waals surface area contributed by atoms with Crippen molar-refractivity contribution in [1.82, 2.24) is 15.5 Å². The van der Waals surface area contributed by atoms with Gasteiger partial charge in [-0.2, -0.15) is 0 Å². The van der Waals surface area contributed by atoms with Gasteiger partial charge < -0.3 is 20.3 Å². The molecule has 1 aliphatic heterocycles. The van der Waals surface area contributed by atoms with Crippen LogP contribution < -0.4 is 10.6 Å². The molecule has 0 unspecified atom stereocenters. The standard InChI is InChI=1S/C20H27F2N3O4/c1-2-29-19(27)12-24-20(28)25-9-3-4-14(13-25)6-8-18(26)23-11-15-5-7-16(21)17(22)10-15/h5,7,10,14H,2-4,6,8-9,11-13H2,1H3,(H,23,26)(H,24,28)/t14-/m0/s1. The van der Waals surface area contributed by atoms with Gasteiger partial charge in [0.05, 0.1) is 6.61 Å². The van der Waals surface area contributed by atoms with Crippen LogP contribution in [0.4, 0.5) is 13.6 Å². The molecule has 160 valence electrons. The summed E-state index contributed by atoms with van der Waals surface area (Å²) in [6.45, 7) is 3.05. The molecule has 0 aliphatic carbocycles. The Bertz CT molecular complexity index is 730. The topological polar surface area (TPSA) is 87.7 Å². The summed E-state index contributed by atoms with van der Waals surface area (Å²) in [6.07, 6.45) is 2.64. The van der Waals surface area contributed by atoms with Crippen molar-refractivity contribution in [3.05, 3.63) is 35.4 Å². The Morgan fingerprint density at radius 2 is 2.00 bits per heavy atom. The van der Waals surface area contributed by atoms with Crippen LogP contribution in [0, 0.1) is 17.6 Å². The average Bonchev–Trinajstić information content (AvgIpc) is 2.71. The van der Waals surface area contributed by atoms with Crippen molar-refractivity contribution in [1.29, 1.82) is 0 Å². The lowest BCUT2D eigenvalue weighted by Crippen LogP contribution is -2.47.